The molecule has 1 aromatic heterocycles. The van der Waals surface area contributed by atoms with Crippen molar-refractivity contribution in [3.63, 3.8) is 0 Å². The Kier molecular flexibility index (Phi) is 3.91. The molecule has 0 fully saturated rings. The Morgan fingerprint density at radius 1 is 1.42 bits per heavy atom. The first-order valence-corrected chi connectivity index (χ1v) is 6.16. The molecule has 19 heavy (non-hydrogen) atoms. The van der Waals surface area contributed by atoms with Crippen LogP contribution in [0.15, 0.2) is 36.5 Å². The molecule has 2 rings (SSSR count). The lowest BCUT2D eigenvalue weighted by molar-refractivity contribution is -0.385. The number of nitriles is 1. The van der Waals surface area contributed by atoms with E-state index in [9.17, 15) is 10.1 Å². The van der Waals surface area contributed by atoms with Gasteiger partial charge in [0.25, 0.3) is 5.69 Å². The molecule has 2 aromatic rings. The molecule has 0 N–H and O–H groups in total. The first-order valence-electron chi connectivity index (χ1n) is 5.08. The molecule has 7 heteroatoms. The third-order valence-electron chi connectivity index (χ3n) is 2.21. The van der Waals surface area contributed by atoms with Crippen molar-refractivity contribution >= 4 is 28.3 Å². The van der Waals surface area contributed by atoms with E-state index in [-0.39, 0.29) is 17.1 Å². The van der Waals surface area contributed by atoms with Gasteiger partial charge < -0.3 is 4.74 Å². The number of ether oxygens (including phenoxy) is 1. The van der Waals surface area contributed by atoms with Gasteiger partial charge in [-0.05, 0) is 34.7 Å². The molecule has 0 radical (unpaired) electrons. The van der Waals surface area contributed by atoms with Crippen molar-refractivity contribution in [3.05, 3.63) is 55.8 Å². The summed E-state index contributed by atoms with van der Waals surface area (Å²) in [6.45, 7) is 0. The van der Waals surface area contributed by atoms with Gasteiger partial charge in [-0.2, -0.15) is 5.26 Å². The zero-order chi connectivity index (χ0) is 13.8. The molecule has 0 atom stereocenters. The predicted octanol–water partition coefficient (Wildman–Crippen LogP) is 3.26. The highest BCUT2D eigenvalue weighted by molar-refractivity contribution is 14.1. The van der Waals surface area contributed by atoms with E-state index in [1.807, 2.05) is 18.2 Å². The summed E-state index contributed by atoms with van der Waals surface area (Å²) in [5, 5.41) is 19.6. The molecular formula is C12H6IN3O3. The fourth-order valence-corrected chi connectivity index (χ4v) is 1.83. The lowest BCUT2D eigenvalue weighted by Crippen LogP contribution is -1.96. The van der Waals surface area contributed by atoms with Crippen LogP contribution in [0.5, 0.6) is 11.6 Å². The van der Waals surface area contributed by atoms with Gasteiger partial charge in [-0.3, -0.25) is 10.1 Å². The molecule has 0 saturated carbocycles. The molecule has 1 heterocycles. The largest absolute Gasteiger partial charge is 0.437 e. The van der Waals surface area contributed by atoms with E-state index < -0.39 is 4.92 Å². The Bertz CT molecular complexity index is 682. The molecule has 0 saturated heterocycles. The van der Waals surface area contributed by atoms with Crippen molar-refractivity contribution in [2.45, 2.75) is 0 Å². The number of hydrogen-bond acceptors (Lipinski definition) is 5. The van der Waals surface area contributed by atoms with Gasteiger partial charge in [-0.1, -0.05) is 12.1 Å². The molecule has 0 unspecified atom stereocenters. The Morgan fingerprint density at radius 3 is 2.79 bits per heavy atom. The Morgan fingerprint density at radius 2 is 2.16 bits per heavy atom. The first kappa shape index (κ1) is 13.2. The van der Waals surface area contributed by atoms with Gasteiger partial charge in [-0.15, -0.1) is 0 Å². The van der Waals surface area contributed by atoms with Crippen LogP contribution in [0, 0.1) is 25.0 Å². The van der Waals surface area contributed by atoms with Gasteiger partial charge in [-0.25, -0.2) is 4.98 Å². The van der Waals surface area contributed by atoms with Crippen molar-refractivity contribution < 1.29 is 9.66 Å². The summed E-state index contributed by atoms with van der Waals surface area (Å²) in [4.78, 5) is 13.8. The van der Waals surface area contributed by atoms with Crippen LogP contribution in [0.2, 0.25) is 0 Å². The first-order chi connectivity index (χ1) is 9.11. The number of nitrogens with zero attached hydrogens (tertiary/aromatic N) is 3. The molecule has 0 bridgehead atoms. The van der Waals surface area contributed by atoms with E-state index in [4.69, 9.17) is 10.00 Å². The smallest absolute Gasteiger partial charge is 0.289 e. The zero-order valence-corrected chi connectivity index (χ0v) is 11.6. The van der Waals surface area contributed by atoms with E-state index >= 15 is 0 Å². The molecule has 0 aliphatic heterocycles. The lowest BCUT2D eigenvalue weighted by atomic mass is 10.2. The summed E-state index contributed by atoms with van der Waals surface area (Å²) in [5.41, 5.74) is -0.222. The van der Waals surface area contributed by atoms with Crippen molar-refractivity contribution in [1.29, 1.82) is 5.26 Å². The molecule has 1 aromatic carbocycles. The van der Waals surface area contributed by atoms with Crippen LogP contribution in [0.25, 0.3) is 0 Å². The van der Waals surface area contributed by atoms with Crippen LogP contribution in [0.3, 0.4) is 0 Å². The second-order valence-corrected chi connectivity index (χ2v) is 4.61. The highest BCUT2D eigenvalue weighted by atomic mass is 127. The summed E-state index contributed by atoms with van der Waals surface area (Å²) in [5.74, 6) is 0.596. The van der Waals surface area contributed by atoms with Gasteiger partial charge in [0.2, 0.25) is 5.88 Å². The van der Waals surface area contributed by atoms with Crippen LogP contribution in [-0.2, 0) is 0 Å². The highest BCUT2D eigenvalue weighted by Gasteiger charge is 2.14. The van der Waals surface area contributed by atoms with Crippen LogP contribution in [-0.4, -0.2) is 9.91 Å². The number of hydrogen-bond donors (Lipinski definition) is 0. The minimum absolute atomic E-state index is 0.0221. The van der Waals surface area contributed by atoms with Crippen molar-refractivity contribution in [3.8, 4) is 17.7 Å². The minimum Gasteiger partial charge on any atom is -0.437 e. The van der Waals surface area contributed by atoms with Gasteiger partial charge in [0, 0.05) is 6.07 Å². The fraction of sp³-hybridized carbons (Fsp3) is 0. The van der Waals surface area contributed by atoms with Crippen LogP contribution in [0.1, 0.15) is 5.56 Å². The topological polar surface area (TPSA) is 89.0 Å². The number of rotatable bonds is 3. The highest BCUT2D eigenvalue weighted by Crippen LogP contribution is 2.28. The third kappa shape index (κ3) is 2.97. The summed E-state index contributed by atoms with van der Waals surface area (Å²) in [6.07, 6.45) is 1.06. The maximum atomic E-state index is 10.6. The zero-order valence-electron chi connectivity index (χ0n) is 9.41. The number of pyridine rings is 1. The number of aromatic nitrogens is 1. The number of benzene rings is 1. The number of para-hydroxylation sites is 1. The second kappa shape index (κ2) is 5.62. The maximum Gasteiger partial charge on any atom is 0.289 e. The summed E-state index contributed by atoms with van der Waals surface area (Å²) >= 11 is 2.08. The van der Waals surface area contributed by atoms with Crippen molar-refractivity contribution in [2.75, 3.05) is 0 Å². The summed E-state index contributed by atoms with van der Waals surface area (Å²) in [7, 11) is 0. The van der Waals surface area contributed by atoms with Crippen LogP contribution >= 0.6 is 22.6 Å². The number of halogens is 1. The van der Waals surface area contributed by atoms with E-state index in [1.54, 1.807) is 12.1 Å². The van der Waals surface area contributed by atoms with Crippen molar-refractivity contribution in [2.24, 2.45) is 0 Å². The Labute approximate surface area is 121 Å². The van der Waals surface area contributed by atoms with Crippen LogP contribution in [0.4, 0.5) is 5.69 Å². The Hall–Kier alpha value is -2.21. The summed E-state index contributed by atoms with van der Waals surface area (Å²) in [6, 6.07) is 10.2. The minimum atomic E-state index is -0.607. The Balaban J connectivity index is 2.39. The van der Waals surface area contributed by atoms with Crippen molar-refractivity contribution in [1.82, 2.24) is 4.98 Å². The second-order valence-electron chi connectivity index (χ2n) is 3.45. The van der Waals surface area contributed by atoms with E-state index in [0.717, 1.165) is 15.8 Å². The molecule has 94 valence electrons. The van der Waals surface area contributed by atoms with E-state index in [1.165, 1.54) is 0 Å². The summed E-state index contributed by atoms with van der Waals surface area (Å²) < 4.78 is 6.35. The van der Waals surface area contributed by atoms with E-state index in [0.29, 0.717) is 5.75 Å². The van der Waals surface area contributed by atoms with Gasteiger partial charge >= 0.3 is 0 Å². The van der Waals surface area contributed by atoms with E-state index in [2.05, 4.69) is 27.6 Å². The maximum absolute atomic E-state index is 10.6. The monoisotopic (exact) mass is 367 g/mol. The van der Waals surface area contributed by atoms with Gasteiger partial charge in [0.05, 0.1) is 8.49 Å². The lowest BCUT2D eigenvalue weighted by Gasteiger charge is -2.07. The molecular weight excluding hydrogens is 361 g/mol. The molecule has 0 aliphatic carbocycles. The average molecular weight is 367 g/mol. The third-order valence-corrected chi connectivity index (χ3v) is 3.10. The fourth-order valence-electron chi connectivity index (χ4n) is 1.33. The van der Waals surface area contributed by atoms with Crippen LogP contribution < -0.4 is 4.74 Å². The van der Waals surface area contributed by atoms with Gasteiger partial charge in [0.15, 0.2) is 0 Å². The quantitative estimate of drug-likeness (QED) is 0.472. The predicted molar refractivity (Wildman–Crippen MR) is 74.8 cm³/mol. The molecule has 6 nitrogen and oxygen atoms in total. The van der Waals surface area contributed by atoms with Gasteiger partial charge in [0.1, 0.15) is 23.6 Å². The normalized spacial score (nSPS) is 9.68. The standard InChI is InChI=1S/C12H6IN3O3/c13-10-3-1-2-4-11(10)19-12-8(6-14)5-9(7-15-12)16(17)18/h1-5,7H. The average Bonchev–Trinajstić information content (AvgIpc) is 2.41. The molecule has 0 aliphatic rings. The molecule has 0 spiro atoms. The SMILES string of the molecule is N#Cc1cc([N+](=O)[O-])cnc1Oc1ccccc1I. The molecule has 0 amide bonds. The number of nitro groups is 1.